The molecule has 6 heteroatoms. The Hall–Kier alpha value is -2.05. The quantitative estimate of drug-likeness (QED) is 0.803. The van der Waals surface area contributed by atoms with Crippen LogP contribution in [-0.2, 0) is 13.1 Å². The van der Waals surface area contributed by atoms with Crippen molar-refractivity contribution in [2.75, 3.05) is 31.7 Å². The monoisotopic (exact) mass is 344 g/mol. The molecule has 2 N–H and O–H groups in total. The Morgan fingerprint density at radius 3 is 2.88 bits per heavy atom. The maximum Gasteiger partial charge on any atom is 0.142 e. The maximum absolute atomic E-state index is 9.13. The van der Waals surface area contributed by atoms with E-state index in [1.807, 2.05) is 23.7 Å². The van der Waals surface area contributed by atoms with Gasteiger partial charge in [-0.05, 0) is 32.4 Å². The van der Waals surface area contributed by atoms with Crippen molar-refractivity contribution in [2.24, 2.45) is 0 Å². The third-order valence-corrected chi connectivity index (χ3v) is 5.02. The van der Waals surface area contributed by atoms with Crippen LogP contribution in [-0.4, -0.2) is 47.7 Å². The first kappa shape index (κ1) is 17.8. The molecule has 2 heterocycles. The van der Waals surface area contributed by atoms with E-state index < -0.39 is 0 Å². The molecule has 0 saturated carbocycles. The number of aliphatic hydroxyl groups is 1. The van der Waals surface area contributed by atoms with Gasteiger partial charge in [-0.3, -0.25) is 4.68 Å². The maximum atomic E-state index is 9.13. The third-order valence-electron chi connectivity index (χ3n) is 5.02. The van der Waals surface area contributed by atoms with Crippen LogP contribution in [0.5, 0.6) is 5.75 Å². The molecule has 25 heavy (non-hydrogen) atoms. The first-order valence-electron chi connectivity index (χ1n) is 8.89. The molecule has 0 bridgehead atoms. The van der Waals surface area contributed by atoms with Gasteiger partial charge in [0, 0.05) is 36.9 Å². The van der Waals surface area contributed by atoms with Gasteiger partial charge < -0.3 is 20.1 Å². The first-order valence-corrected chi connectivity index (χ1v) is 8.89. The van der Waals surface area contributed by atoms with Gasteiger partial charge >= 0.3 is 0 Å². The summed E-state index contributed by atoms with van der Waals surface area (Å²) in [5.41, 5.74) is 4.58. The molecular formula is C19H28N4O2. The summed E-state index contributed by atoms with van der Waals surface area (Å²) in [5, 5.41) is 17.3. The number of aryl methyl sites for hydroxylation is 1. The molecule has 1 atom stereocenters. The predicted octanol–water partition coefficient (Wildman–Crippen LogP) is 1.87. The summed E-state index contributed by atoms with van der Waals surface area (Å²) >= 11 is 0. The highest BCUT2D eigenvalue weighted by Gasteiger charge is 2.24. The summed E-state index contributed by atoms with van der Waals surface area (Å²) in [5.74, 6) is 0.931. The second-order valence-corrected chi connectivity index (χ2v) is 6.58. The molecule has 1 unspecified atom stereocenters. The highest BCUT2D eigenvalue weighted by Crippen LogP contribution is 2.30. The summed E-state index contributed by atoms with van der Waals surface area (Å²) in [6.45, 7) is 7.59. The topological polar surface area (TPSA) is 62.5 Å². The number of nitrogens with zero attached hydrogens (tertiary/aromatic N) is 3. The number of para-hydroxylation sites is 2. The van der Waals surface area contributed by atoms with Gasteiger partial charge in [0.15, 0.2) is 0 Å². The number of benzene rings is 1. The van der Waals surface area contributed by atoms with Gasteiger partial charge in [-0.1, -0.05) is 12.1 Å². The second kappa shape index (κ2) is 7.89. The van der Waals surface area contributed by atoms with Crippen LogP contribution in [0.25, 0.3) is 0 Å². The van der Waals surface area contributed by atoms with E-state index in [0.717, 1.165) is 48.9 Å². The van der Waals surface area contributed by atoms with Crippen LogP contribution in [0.1, 0.15) is 23.4 Å². The number of methoxy groups -OCH3 is 1. The van der Waals surface area contributed by atoms with E-state index in [4.69, 9.17) is 9.84 Å². The first-order chi connectivity index (χ1) is 12.1. The number of aromatic nitrogens is 2. The number of hydrogen-bond donors (Lipinski definition) is 2. The minimum absolute atomic E-state index is 0.116. The van der Waals surface area contributed by atoms with E-state index in [2.05, 4.69) is 34.4 Å². The molecule has 1 saturated heterocycles. The minimum atomic E-state index is 0.116. The number of aliphatic hydroxyl groups excluding tert-OH is 1. The van der Waals surface area contributed by atoms with E-state index in [9.17, 15) is 0 Å². The van der Waals surface area contributed by atoms with Crippen LogP contribution >= 0.6 is 0 Å². The number of anilines is 1. The fourth-order valence-electron chi connectivity index (χ4n) is 3.59. The van der Waals surface area contributed by atoms with Gasteiger partial charge in [0.2, 0.25) is 0 Å². The third kappa shape index (κ3) is 3.80. The molecule has 0 aliphatic carbocycles. The van der Waals surface area contributed by atoms with E-state index >= 15 is 0 Å². The van der Waals surface area contributed by atoms with Crippen molar-refractivity contribution in [3.63, 3.8) is 0 Å². The second-order valence-electron chi connectivity index (χ2n) is 6.58. The SMILES string of the molecule is COc1ccccc1N1CCC(NCc2c(C)nn(CCO)c2C)C1. The van der Waals surface area contributed by atoms with Gasteiger partial charge in [0.1, 0.15) is 5.75 Å². The lowest BCUT2D eigenvalue weighted by Gasteiger charge is -2.21. The lowest BCUT2D eigenvalue weighted by Crippen LogP contribution is -2.32. The summed E-state index contributed by atoms with van der Waals surface area (Å²) in [4.78, 5) is 2.38. The summed E-state index contributed by atoms with van der Waals surface area (Å²) in [6.07, 6.45) is 1.11. The Bertz CT molecular complexity index is 713. The fourth-order valence-corrected chi connectivity index (χ4v) is 3.59. The van der Waals surface area contributed by atoms with Crippen molar-refractivity contribution in [1.29, 1.82) is 0 Å². The van der Waals surface area contributed by atoms with Crippen molar-refractivity contribution in [2.45, 2.75) is 39.4 Å². The van der Waals surface area contributed by atoms with Crippen LogP contribution in [0.4, 0.5) is 5.69 Å². The van der Waals surface area contributed by atoms with Crippen LogP contribution < -0.4 is 15.0 Å². The molecule has 2 aromatic rings. The molecule has 0 amide bonds. The number of rotatable bonds is 7. The number of ether oxygens (including phenoxy) is 1. The average molecular weight is 344 g/mol. The normalized spacial score (nSPS) is 17.3. The van der Waals surface area contributed by atoms with Crippen molar-refractivity contribution >= 4 is 5.69 Å². The van der Waals surface area contributed by atoms with Gasteiger partial charge in [-0.25, -0.2) is 0 Å². The molecule has 1 aliphatic rings. The molecule has 1 fully saturated rings. The zero-order chi connectivity index (χ0) is 17.8. The molecule has 0 radical (unpaired) electrons. The Kier molecular flexibility index (Phi) is 5.60. The molecule has 0 spiro atoms. The lowest BCUT2D eigenvalue weighted by molar-refractivity contribution is 0.267. The zero-order valence-electron chi connectivity index (χ0n) is 15.3. The van der Waals surface area contributed by atoms with Gasteiger partial charge in [-0.2, -0.15) is 5.10 Å². The Morgan fingerprint density at radius 1 is 1.32 bits per heavy atom. The number of hydrogen-bond acceptors (Lipinski definition) is 5. The number of nitrogens with one attached hydrogen (secondary N) is 1. The largest absolute Gasteiger partial charge is 0.495 e. The van der Waals surface area contributed by atoms with Crippen LogP contribution in [0.3, 0.4) is 0 Å². The van der Waals surface area contributed by atoms with E-state index in [0.29, 0.717) is 12.6 Å². The van der Waals surface area contributed by atoms with Gasteiger partial charge in [0.05, 0.1) is 31.6 Å². The highest BCUT2D eigenvalue weighted by atomic mass is 16.5. The van der Waals surface area contributed by atoms with Crippen molar-refractivity contribution in [3.05, 3.63) is 41.2 Å². The zero-order valence-corrected chi connectivity index (χ0v) is 15.3. The van der Waals surface area contributed by atoms with Crippen molar-refractivity contribution in [3.8, 4) is 5.75 Å². The Morgan fingerprint density at radius 2 is 2.12 bits per heavy atom. The molecule has 1 aromatic carbocycles. The van der Waals surface area contributed by atoms with Gasteiger partial charge in [-0.15, -0.1) is 0 Å². The summed E-state index contributed by atoms with van der Waals surface area (Å²) < 4.78 is 7.38. The van der Waals surface area contributed by atoms with Gasteiger partial charge in [0.25, 0.3) is 0 Å². The predicted molar refractivity (Wildman–Crippen MR) is 99.2 cm³/mol. The summed E-state index contributed by atoms with van der Waals surface area (Å²) in [7, 11) is 1.72. The molecule has 1 aromatic heterocycles. The average Bonchev–Trinajstić information content (AvgIpc) is 3.19. The van der Waals surface area contributed by atoms with Crippen molar-refractivity contribution in [1.82, 2.24) is 15.1 Å². The highest BCUT2D eigenvalue weighted by molar-refractivity contribution is 5.59. The Balaban J connectivity index is 1.61. The molecule has 6 nitrogen and oxygen atoms in total. The summed E-state index contributed by atoms with van der Waals surface area (Å²) in [6, 6.07) is 8.64. The lowest BCUT2D eigenvalue weighted by atomic mass is 10.1. The fraction of sp³-hybridized carbons (Fsp3) is 0.526. The van der Waals surface area contributed by atoms with Crippen molar-refractivity contribution < 1.29 is 9.84 Å². The molecule has 3 rings (SSSR count). The van der Waals surface area contributed by atoms with E-state index in [1.165, 1.54) is 5.56 Å². The van der Waals surface area contributed by atoms with Crippen LogP contribution in [0.15, 0.2) is 24.3 Å². The Labute approximate surface area is 149 Å². The minimum Gasteiger partial charge on any atom is -0.495 e. The van der Waals surface area contributed by atoms with E-state index in [1.54, 1.807) is 7.11 Å². The standard InChI is InChI=1S/C19H28N4O2/c1-14-17(15(2)23(21-14)10-11-24)12-20-16-8-9-22(13-16)18-6-4-5-7-19(18)25-3/h4-7,16,20,24H,8-13H2,1-3H3. The molecule has 136 valence electrons. The molecule has 1 aliphatic heterocycles. The smallest absolute Gasteiger partial charge is 0.142 e. The van der Waals surface area contributed by atoms with Crippen LogP contribution in [0.2, 0.25) is 0 Å². The van der Waals surface area contributed by atoms with E-state index in [-0.39, 0.29) is 6.61 Å². The van der Waals surface area contributed by atoms with Crippen LogP contribution in [0, 0.1) is 13.8 Å². The molecular weight excluding hydrogens is 316 g/mol.